The zero-order chi connectivity index (χ0) is 15.2. The molecule has 1 rings (SSSR count). The van der Waals surface area contributed by atoms with Crippen LogP contribution in [-0.4, -0.2) is 30.8 Å². The minimum absolute atomic E-state index is 0.0673. The molecule has 0 bridgehead atoms. The van der Waals surface area contributed by atoms with Gasteiger partial charge in [0.15, 0.2) is 0 Å². The van der Waals surface area contributed by atoms with Gasteiger partial charge >= 0.3 is 0 Å². The Morgan fingerprint density at radius 3 is 2.10 bits per heavy atom. The lowest BCUT2D eigenvalue weighted by atomic mass is 9.87. The summed E-state index contributed by atoms with van der Waals surface area (Å²) in [5.41, 5.74) is 1.87. The number of carbonyl (C=O) groups excluding carboxylic acids is 2. The average molecular weight is 297 g/mol. The zero-order valence-electron chi connectivity index (χ0n) is 12.1. The second-order valence-electron chi connectivity index (χ2n) is 5.57. The maximum atomic E-state index is 11.9. The highest BCUT2D eigenvalue weighted by atomic mass is 35.5. The molecule has 0 saturated heterocycles. The van der Waals surface area contributed by atoms with Crippen molar-refractivity contribution in [3.05, 3.63) is 35.4 Å². The Labute approximate surface area is 124 Å². The lowest BCUT2D eigenvalue weighted by molar-refractivity contribution is -0.118. The van der Waals surface area contributed by atoms with Crippen LogP contribution in [0.3, 0.4) is 0 Å². The van der Waals surface area contributed by atoms with Crippen LogP contribution in [0.5, 0.6) is 0 Å². The molecule has 0 fully saturated rings. The summed E-state index contributed by atoms with van der Waals surface area (Å²) < 4.78 is 0. The van der Waals surface area contributed by atoms with Gasteiger partial charge in [-0.2, -0.15) is 0 Å². The van der Waals surface area contributed by atoms with Gasteiger partial charge in [-0.15, -0.1) is 11.6 Å². The van der Waals surface area contributed by atoms with E-state index in [9.17, 15) is 9.59 Å². The van der Waals surface area contributed by atoms with E-state index in [2.05, 4.69) is 31.4 Å². The van der Waals surface area contributed by atoms with Crippen LogP contribution in [0.25, 0.3) is 0 Å². The molecule has 0 aliphatic rings. The topological polar surface area (TPSA) is 58.2 Å². The summed E-state index contributed by atoms with van der Waals surface area (Å²) >= 11 is 5.34. The fourth-order valence-corrected chi connectivity index (χ4v) is 1.74. The largest absolute Gasteiger partial charge is 0.353 e. The molecule has 0 aliphatic carbocycles. The Kier molecular flexibility index (Phi) is 6.02. The Hall–Kier alpha value is -1.55. The van der Waals surface area contributed by atoms with Crippen molar-refractivity contribution in [3.63, 3.8) is 0 Å². The summed E-state index contributed by atoms with van der Waals surface area (Å²) in [5, 5.41) is 5.32. The number of hydrogen-bond acceptors (Lipinski definition) is 2. The number of nitrogens with one attached hydrogen (secondary N) is 2. The van der Waals surface area contributed by atoms with Crippen LogP contribution in [0.15, 0.2) is 24.3 Å². The van der Waals surface area contributed by atoms with Crippen LogP contribution in [0, 0.1) is 0 Å². The molecule has 2 N–H and O–H groups in total. The van der Waals surface area contributed by atoms with E-state index < -0.39 is 0 Å². The molecule has 0 saturated carbocycles. The molecule has 2 amide bonds. The highest BCUT2D eigenvalue weighted by molar-refractivity contribution is 6.27. The predicted molar refractivity (Wildman–Crippen MR) is 81.2 cm³/mol. The summed E-state index contributed by atoms with van der Waals surface area (Å²) in [5.74, 6) is -0.455. The zero-order valence-corrected chi connectivity index (χ0v) is 12.9. The Morgan fingerprint density at radius 2 is 1.60 bits per heavy atom. The molecule has 0 spiro atoms. The van der Waals surface area contributed by atoms with Crippen LogP contribution in [0.1, 0.15) is 36.7 Å². The van der Waals surface area contributed by atoms with Gasteiger partial charge in [-0.25, -0.2) is 0 Å². The summed E-state index contributed by atoms with van der Waals surface area (Å²) in [6.07, 6.45) is 0. The number of alkyl halides is 1. The maximum absolute atomic E-state index is 11.9. The predicted octanol–water partition coefficient (Wildman–Crippen LogP) is 2.07. The standard InChI is InChI=1S/C15H21ClN2O2/c1-15(2,3)12-6-4-11(5-7-12)14(20)18-9-8-17-13(19)10-16/h4-7H,8-10H2,1-3H3,(H,17,19)(H,18,20). The van der Waals surface area contributed by atoms with Gasteiger partial charge in [0.05, 0.1) is 0 Å². The average Bonchev–Trinajstić information content (AvgIpc) is 2.42. The van der Waals surface area contributed by atoms with E-state index in [1.807, 2.05) is 24.3 Å². The quantitative estimate of drug-likeness (QED) is 0.645. The number of amides is 2. The van der Waals surface area contributed by atoms with E-state index >= 15 is 0 Å². The van der Waals surface area contributed by atoms with E-state index in [1.54, 1.807) is 0 Å². The molecule has 0 aliphatic heterocycles. The Bertz CT molecular complexity index is 464. The van der Waals surface area contributed by atoms with Gasteiger partial charge in [0.2, 0.25) is 5.91 Å². The van der Waals surface area contributed by atoms with Gasteiger partial charge < -0.3 is 10.6 Å². The van der Waals surface area contributed by atoms with Crippen LogP contribution >= 0.6 is 11.6 Å². The Morgan fingerprint density at radius 1 is 1.05 bits per heavy atom. The van der Waals surface area contributed by atoms with Crippen molar-refractivity contribution in [2.24, 2.45) is 0 Å². The summed E-state index contributed by atoms with van der Waals surface area (Å²) in [7, 11) is 0. The number of rotatable bonds is 5. The fourth-order valence-electron chi connectivity index (χ4n) is 1.65. The first kappa shape index (κ1) is 16.5. The van der Waals surface area contributed by atoms with Crippen molar-refractivity contribution >= 4 is 23.4 Å². The molecule has 1 aromatic rings. The first-order chi connectivity index (χ1) is 9.34. The van der Waals surface area contributed by atoms with Gasteiger partial charge in [-0.05, 0) is 23.1 Å². The lowest BCUT2D eigenvalue weighted by Gasteiger charge is -2.19. The van der Waals surface area contributed by atoms with Crippen molar-refractivity contribution in [2.75, 3.05) is 19.0 Å². The third-order valence-electron chi connectivity index (χ3n) is 2.87. The number of halogens is 1. The molecular weight excluding hydrogens is 276 g/mol. The first-order valence-electron chi connectivity index (χ1n) is 6.56. The molecule has 0 atom stereocenters. The number of benzene rings is 1. The fraction of sp³-hybridized carbons (Fsp3) is 0.467. The maximum Gasteiger partial charge on any atom is 0.251 e. The van der Waals surface area contributed by atoms with Crippen LogP contribution < -0.4 is 10.6 Å². The summed E-state index contributed by atoms with van der Waals surface area (Å²) in [4.78, 5) is 22.8. The minimum atomic E-state index is -0.240. The third kappa shape index (κ3) is 5.21. The summed E-state index contributed by atoms with van der Waals surface area (Å²) in [6, 6.07) is 7.55. The molecule has 0 aromatic heterocycles. The van der Waals surface area contributed by atoms with Crippen LogP contribution in [-0.2, 0) is 10.2 Å². The lowest BCUT2D eigenvalue weighted by Crippen LogP contribution is -2.35. The molecular formula is C15H21ClN2O2. The van der Waals surface area contributed by atoms with E-state index in [1.165, 1.54) is 5.56 Å². The normalized spacial score (nSPS) is 11.0. The van der Waals surface area contributed by atoms with Gasteiger partial charge in [-0.1, -0.05) is 32.9 Å². The SMILES string of the molecule is CC(C)(C)c1ccc(C(=O)NCCNC(=O)CCl)cc1. The Balaban J connectivity index is 2.46. The molecule has 0 heterocycles. The van der Waals surface area contributed by atoms with E-state index in [0.717, 1.165) is 0 Å². The summed E-state index contributed by atoms with van der Waals surface area (Å²) in [6.45, 7) is 7.13. The van der Waals surface area contributed by atoms with Crippen molar-refractivity contribution in [1.29, 1.82) is 0 Å². The van der Waals surface area contributed by atoms with Crippen molar-refractivity contribution in [3.8, 4) is 0 Å². The second kappa shape index (κ2) is 7.29. The second-order valence-corrected chi connectivity index (χ2v) is 5.83. The molecule has 110 valence electrons. The van der Waals surface area contributed by atoms with Gasteiger partial charge in [-0.3, -0.25) is 9.59 Å². The van der Waals surface area contributed by atoms with Gasteiger partial charge in [0.25, 0.3) is 5.91 Å². The van der Waals surface area contributed by atoms with Gasteiger partial charge in [0.1, 0.15) is 5.88 Å². The molecule has 5 heteroatoms. The van der Waals surface area contributed by atoms with E-state index in [4.69, 9.17) is 11.6 Å². The van der Waals surface area contributed by atoms with E-state index in [0.29, 0.717) is 18.7 Å². The molecule has 0 unspecified atom stereocenters. The van der Waals surface area contributed by atoms with E-state index in [-0.39, 0.29) is 23.1 Å². The number of hydrogen-bond donors (Lipinski definition) is 2. The monoisotopic (exact) mass is 296 g/mol. The van der Waals surface area contributed by atoms with Gasteiger partial charge in [0, 0.05) is 18.7 Å². The van der Waals surface area contributed by atoms with Crippen molar-refractivity contribution in [2.45, 2.75) is 26.2 Å². The van der Waals surface area contributed by atoms with Crippen LogP contribution in [0.4, 0.5) is 0 Å². The van der Waals surface area contributed by atoms with Crippen molar-refractivity contribution < 1.29 is 9.59 Å². The molecule has 4 nitrogen and oxygen atoms in total. The molecule has 1 aromatic carbocycles. The highest BCUT2D eigenvalue weighted by Gasteiger charge is 2.14. The van der Waals surface area contributed by atoms with Crippen LogP contribution in [0.2, 0.25) is 0 Å². The molecule has 20 heavy (non-hydrogen) atoms. The minimum Gasteiger partial charge on any atom is -0.353 e. The number of carbonyl (C=O) groups is 2. The van der Waals surface area contributed by atoms with Crippen molar-refractivity contribution in [1.82, 2.24) is 10.6 Å². The first-order valence-corrected chi connectivity index (χ1v) is 7.09. The smallest absolute Gasteiger partial charge is 0.251 e. The molecule has 0 radical (unpaired) electrons. The third-order valence-corrected chi connectivity index (χ3v) is 3.11. The highest BCUT2D eigenvalue weighted by Crippen LogP contribution is 2.22.